The number of Topliss-reactive ketones (excluding diaryl/α,β-unsaturated/α-hetero) is 1. The van der Waals surface area contributed by atoms with Crippen LogP contribution in [0.5, 0.6) is 0 Å². The Morgan fingerprint density at radius 2 is 2.03 bits per heavy atom. The number of hydrogen-bond donors (Lipinski definition) is 1. The Morgan fingerprint density at radius 3 is 2.79 bits per heavy atom. The molecule has 4 rings (SSSR count). The number of amides is 1. The first-order valence-corrected chi connectivity index (χ1v) is 9.50. The van der Waals surface area contributed by atoms with Gasteiger partial charge < -0.3 is 10.2 Å². The largest absolute Gasteiger partial charge is 0.453 e. The maximum absolute atomic E-state index is 12.8. The van der Waals surface area contributed by atoms with Crippen LogP contribution in [0.3, 0.4) is 0 Å². The summed E-state index contributed by atoms with van der Waals surface area (Å²) in [6, 6.07) is 15.2. The van der Waals surface area contributed by atoms with Gasteiger partial charge in [-0.15, -0.1) is 0 Å². The number of aryl methyl sites for hydroxylation is 1. The van der Waals surface area contributed by atoms with Gasteiger partial charge in [0.2, 0.25) is 11.7 Å². The lowest BCUT2D eigenvalue weighted by molar-refractivity contribution is -0.128. The zero-order chi connectivity index (χ0) is 20.8. The molecule has 1 aliphatic heterocycles. The molecular formula is C23H23N3O3. The molecule has 2 heterocycles. The van der Waals surface area contributed by atoms with Crippen LogP contribution in [0, 0.1) is 6.92 Å². The molecule has 0 fully saturated rings. The Hall–Kier alpha value is -3.41. The van der Waals surface area contributed by atoms with Gasteiger partial charge in [-0.05, 0) is 43.2 Å². The third kappa shape index (κ3) is 3.53. The average Bonchev–Trinajstić information content (AvgIpc) is 3.09. The number of guanidine groups is 1. The summed E-state index contributed by atoms with van der Waals surface area (Å²) in [6.45, 7) is 3.89. The number of furan rings is 1. The number of ketones is 1. The van der Waals surface area contributed by atoms with Crippen LogP contribution in [0.4, 0.5) is 0 Å². The summed E-state index contributed by atoms with van der Waals surface area (Å²) in [4.78, 5) is 30.9. The van der Waals surface area contributed by atoms with Crippen molar-refractivity contribution in [1.82, 2.24) is 4.90 Å². The van der Waals surface area contributed by atoms with Gasteiger partial charge in [0, 0.05) is 18.9 Å². The number of nitrogens with zero attached hydrogens (tertiary/aromatic N) is 2. The van der Waals surface area contributed by atoms with E-state index in [4.69, 9.17) is 10.2 Å². The lowest BCUT2D eigenvalue weighted by atomic mass is 9.86. The molecule has 0 bridgehead atoms. The summed E-state index contributed by atoms with van der Waals surface area (Å²) in [5.41, 5.74) is 8.68. The van der Waals surface area contributed by atoms with Crippen molar-refractivity contribution in [2.45, 2.75) is 32.2 Å². The minimum atomic E-state index is -0.746. The van der Waals surface area contributed by atoms with Gasteiger partial charge in [0.15, 0.2) is 11.7 Å². The van der Waals surface area contributed by atoms with Gasteiger partial charge >= 0.3 is 0 Å². The van der Waals surface area contributed by atoms with Gasteiger partial charge in [0.1, 0.15) is 5.58 Å². The maximum atomic E-state index is 12.8. The first-order valence-electron chi connectivity index (χ1n) is 9.50. The van der Waals surface area contributed by atoms with Crippen LogP contribution >= 0.6 is 0 Å². The van der Waals surface area contributed by atoms with Crippen LogP contribution in [0.1, 0.15) is 40.6 Å². The van der Waals surface area contributed by atoms with Gasteiger partial charge in [0.05, 0.1) is 12.0 Å². The Bertz CT molecular complexity index is 1160. The highest BCUT2D eigenvalue weighted by molar-refractivity contribution is 5.99. The molecule has 2 aromatic carbocycles. The van der Waals surface area contributed by atoms with Gasteiger partial charge in [-0.3, -0.25) is 14.5 Å². The standard InChI is InChI=1S/C23H23N3O3/c1-14-7-8-19-16(9-14)12-20(29-19)18(27)11-15-5-4-6-17(10-15)23(2)13-21(28)26(3)22(24)25-23/h4-10,12H,11,13H2,1-3H3,(H2,24,25). The Balaban J connectivity index is 1.60. The fourth-order valence-corrected chi connectivity index (χ4v) is 3.66. The van der Waals surface area contributed by atoms with Crippen molar-refractivity contribution in [2.24, 2.45) is 10.7 Å². The highest BCUT2D eigenvalue weighted by atomic mass is 16.3. The Morgan fingerprint density at radius 1 is 1.24 bits per heavy atom. The van der Waals surface area contributed by atoms with E-state index in [2.05, 4.69) is 4.99 Å². The van der Waals surface area contributed by atoms with E-state index in [1.54, 1.807) is 13.1 Å². The number of carbonyl (C=O) groups excluding carboxylic acids is 2. The molecular weight excluding hydrogens is 366 g/mol. The number of fused-ring (bicyclic) bond motifs is 1. The van der Waals surface area contributed by atoms with E-state index in [0.717, 1.165) is 22.1 Å². The summed E-state index contributed by atoms with van der Waals surface area (Å²) >= 11 is 0. The molecule has 0 saturated heterocycles. The van der Waals surface area contributed by atoms with Gasteiger partial charge in [-0.2, -0.15) is 0 Å². The SMILES string of the molecule is Cc1ccc2oc(C(=O)Cc3cccc(C4(C)CC(=O)N(C)C(N)=N4)c3)cc2c1. The molecule has 1 aromatic heterocycles. The van der Waals surface area contributed by atoms with Gasteiger partial charge in [-0.1, -0.05) is 35.9 Å². The maximum Gasteiger partial charge on any atom is 0.231 e. The lowest BCUT2D eigenvalue weighted by Crippen LogP contribution is -2.47. The zero-order valence-electron chi connectivity index (χ0n) is 16.7. The number of aliphatic imine (C=N–C) groups is 1. The van der Waals surface area contributed by atoms with Crippen molar-refractivity contribution in [1.29, 1.82) is 0 Å². The third-order valence-corrected chi connectivity index (χ3v) is 5.43. The summed E-state index contributed by atoms with van der Waals surface area (Å²) in [5.74, 6) is 0.365. The van der Waals surface area contributed by atoms with Crippen molar-refractivity contribution >= 4 is 28.6 Å². The van der Waals surface area contributed by atoms with E-state index >= 15 is 0 Å². The molecule has 6 nitrogen and oxygen atoms in total. The quantitative estimate of drug-likeness (QED) is 0.691. The molecule has 0 aliphatic carbocycles. The molecule has 2 N–H and O–H groups in total. The number of carbonyl (C=O) groups is 2. The average molecular weight is 389 g/mol. The summed E-state index contributed by atoms with van der Waals surface area (Å²) < 4.78 is 5.73. The first kappa shape index (κ1) is 18.9. The molecule has 0 spiro atoms. The van der Waals surface area contributed by atoms with Crippen molar-refractivity contribution in [3.8, 4) is 0 Å². The highest BCUT2D eigenvalue weighted by Gasteiger charge is 2.36. The smallest absolute Gasteiger partial charge is 0.231 e. The van der Waals surface area contributed by atoms with Crippen LogP contribution in [-0.4, -0.2) is 29.6 Å². The Kier molecular flexibility index (Phi) is 4.49. The Labute approximate surface area is 169 Å². The molecule has 29 heavy (non-hydrogen) atoms. The van der Waals surface area contributed by atoms with Crippen molar-refractivity contribution in [2.75, 3.05) is 7.05 Å². The van der Waals surface area contributed by atoms with E-state index in [9.17, 15) is 9.59 Å². The fraction of sp³-hybridized carbons (Fsp3) is 0.261. The second kappa shape index (κ2) is 6.88. The van der Waals surface area contributed by atoms with Crippen molar-refractivity contribution in [3.63, 3.8) is 0 Å². The van der Waals surface area contributed by atoms with Gasteiger partial charge in [0.25, 0.3) is 0 Å². The van der Waals surface area contributed by atoms with Crippen molar-refractivity contribution < 1.29 is 14.0 Å². The normalized spacial score (nSPS) is 19.5. The third-order valence-electron chi connectivity index (χ3n) is 5.43. The summed E-state index contributed by atoms with van der Waals surface area (Å²) in [7, 11) is 1.62. The van der Waals surface area contributed by atoms with E-state index in [1.165, 1.54) is 4.90 Å². The summed E-state index contributed by atoms with van der Waals surface area (Å²) in [5, 5.41) is 0.921. The molecule has 1 amide bonds. The van der Waals surface area contributed by atoms with Crippen LogP contribution in [0.2, 0.25) is 0 Å². The first-order chi connectivity index (χ1) is 13.7. The molecule has 1 unspecified atom stereocenters. The van der Waals surface area contributed by atoms with E-state index in [0.29, 0.717) is 11.3 Å². The fourth-order valence-electron chi connectivity index (χ4n) is 3.66. The van der Waals surface area contributed by atoms with E-state index in [-0.39, 0.29) is 30.5 Å². The molecule has 6 heteroatoms. The number of rotatable bonds is 4. The molecule has 1 aliphatic rings. The molecule has 1 atom stereocenters. The molecule has 3 aromatic rings. The highest BCUT2D eigenvalue weighted by Crippen LogP contribution is 2.33. The molecule has 148 valence electrons. The number of benzene rings is 2. The van der Waals surface area contributed by atoms with Crippen LogP contribution in [-0.2, 0) is 16.8 Å². The van der Waals surface area contributed by atoms with E-state index < -0.39 is 5.54 Å². The van der Waals surface area contributed by atoms with Crippen LogP contribution < -0.4 is 5.73 Å². The number of hydrogen-bond acceptors (Lipinski definition) is 5. The summed E-state index contributed by atoms with van der Waals surface area (Å²) in [6.07, 6.45) is 0.431. The van der Waals surface area contributed by atoms with Crippen LogP contribution in [0.25, 0.3) is 11.0 Å². The lowest BCUT2D eigenvalue weighted by Gasteiger charge is -2.33. The minimum Gasteiger partial charge on any atom is -0.453 e. The topological polar surface area (TPSA) is 88.9 Å². The van der Waals surface area contributed by atoms with Gasteiger partial charge in [-0.25, -0.2) is 4.99 Å². The predicted octanol–water partition coefficient (Wildman–Crippen LogP) is 3.56. The zero-order valence-corrected chi connectivity index (χ0v) is 16.7. The number of nitrogens with two attached hydrogens (primary N) is 1. The predicted molar refractivity (Wildman–Crippen MR) is 112 cm³/mol. The second-order valence-electron chi connectivity index (χ2n) is 7.83. The molecule has 0 saturated carbocycles. The van der Waals surface area contributed by atoms with Crippen molar-refractivity contribution in [3.05, 3.63) is 71.0 Å². The second-order valence-corrected chi connectivity index (χ2v) is 7.83. The van der Waals surface area contributed by atoms with Crippen LogP contribution in [0.15, 0.2) is 57.9 Å². The van der Waals surface area contributed by atoms with E-state index in [1.807, 2.05) is 56.3 Å². The molecule has 0 radical (unpaired) electrons. The minimum absolute atomic E-state index is 0.0842. The monoisotopic (exact) mass is 389 g/mol.